The van der Waals surface area contributed by atoms with Crippen LogP contribution in [0.2, 0.25) is 0 Å². The summed E-state index contributed by atoms with van der Waals surface area (Å²) in [5.41, 5.74) is 1.12. The minimum atomic E-state index is 0.465. The maximum Gasteiger partial charge on any atom is 0.150 e. The second-order valence-electron chi connectivity index (χ2n) is 4.68. The lowest BCUT2D eigenvalue weighted by molar-refractivity contribution is 0.356. The molecule has 2 N–H and O–H groups in total. The Morgan fingerprint density at radius 1 is 1.56 bits per heavy atom. The molecule has 0 radical (unpaired) electrons. The molecule has 6 heteroatoms. The number of rotatable bonds is 4. The molecule has 0 saturated heterocycles. The zero-order chi connectivity index (χ0) is 12.4. The zero-order valence-corrected chi connectivity index (χ0v) is 10.6. The fraction of sp³-hybridized carbons (Fsp3) is 0.583. The molecule has 1 aliphatic rings. The van der Waals surface area contributed by atoms with Crippen molar-refractivity contribution in [1.82, 2.24) is 30.3 Å². The van der Waals surface area contributed by atoms with Gasteiger partial charge in [0.2, 0.25) is 0 Å². The number of hydrogen-bond acceptors (Lipinski definition) is 4. The van der Waals surface area contributed by atoms with Crippen molar-refractivity contribution in [2.45, 2.75) is 45.3 Å². The molecule has 0 bridgehead atoms. The Kier molecular flexibility index (Phi) is 3.10. The molecular weight excluding hydrogens is 228 g/mol. The zero-order valence-electron chi connectivity index (χ0n) is 10.6. The Morgan fingerprint density at radius 3 is 3.28 bits per heavy atom. The minimum absolute atomic E-state index is 0.465. The monoisotopic (exact) mass is 246 g/mol. The van der Waals surface area contributed by atoms with Crippen molar-refractivity contribution in [2.75, 3.05) is 0 Å². The van der Waals surface area contributed by atoms with Crippen molar-refractivity contribution in [1.29, 1.82) is 0 Å². The van der Waals surface area contributed by atoms with E-state index in [4.69, 9.17) is 0 Å². The first-order valence-electron chi connectivity index (χ1n) is 6.49. The van der Waals surface area contributed by atoms with Crippen LogP contribution in [0.1, 0.15) is 30.7 Å². The summed E-state index contributed by atoms with van der Waals surface area (Å²) in [4.78, 5) is 4.52. The molecule has 1 aliphatic heterocycles. The Morgan fingerprint density at radius 2 is 2.50 bits per heavy atom. The highest BCUT2D eigenvalue weighted by Crippen LogP contribution is 2.13. The van der Waals surface area contributed by atoms with Crippen LogP contribution in [0.15, 0.2) is 12.3 Å². The lowest BCUT2D eigenvalue weighted by Crippen LogP contribution is -2.37. The molecule has 3 heterocycles. The van der Waals surface area contributed by atoms with Gasteiger partial charge < -0.3 is 5.32 Å². The van der Waals surface area contributed by atoms with Gasteiger partial charge in [-0.25, -0.2) is 9.67 Å². The van der Waals surface area contributed by atoms with Gasteiger partial charge >= 0.3 is 0 Å². The molecule has 0 saturated carbocycles. The van der Waals surface area contributed by atoms with Crippen molar-refractivity contribution in [3.63, 3.8) is 0 Å². The lowest BCUT2D eigenvalue weighted by atomic mass is 10.1. The maximum atomic E-state index is 4.52. The number of hydrogen-bond donors (Lipinski definition) is 2. The standard InChI is InChI=1S/C12H18N6/c1-2-11-15-12-4-3-10(8-18(12)17-11)13-7-9-5-6-14-16-9/h5-6,10,13H,2-4,7-8H2,1H3,(H,14,16)/t10-/m1/s1. The predicted molar refractivity (Wildman–Crippen MR) is 66.9 cm³/mol. The van der Waals surface area contributed by atoms with E-state index < -0.39 is 0 Å². The van der Waals surface area contributed by atoms with Crippen LogP contribution in [0.25, 0.3) is 0 Å². The van der Waals surface area contributed by atoms with Crippen LogP contribution in [0.3, 0.4) is 0 Å². The van der Waals surface area contributed by atoms with Crippen LogP contribution in [-0.2, 0) is 25.9 Å². The fourth-order valence-corrected chi connectivity index (χ4v) is 2.31. The first-order valence-corrected chi connectivity index (χ1v) is 6.49. The molecule has 1 atom stereocenters. The summed E-state index contributed by atoms with van der Waals surface area (Å²) in [7, 11) is 0. The van der Waals surface area contributed by atoms with Gasteiger partial charge in [0, 0.05) is 37.3 Å². The van der Waals surface area contributed by atoms with Gasteiger partial charge in [-0.05, 0) is 12.5 Å². The molecular formula is C12H18N6. The molecule has 0 amide bonds. The van der Waals surface area contributed by atoms with Gasteiger partial charge in [0.15, 0.2) is 5.82 Å². The van der Waals surface area contributed by atoms with Crippen LogP contribution >= 0.6 is 0 Å². The molecule has 3 rings (SSSR count). The lowest BCUT2D eigenvalue weighted by Gasteiger charge is -2.23. The first kappa shape index (κ1) is 11.4. The third-order valence-corrected chi connectivity index (χ3v) is 3.36. The largest absolute Gasteiger partial charge is 0.307 e. The molecule has 2 aromatic rings. The highest BCUT2D eigenvalue weighted by atomic mass is 15.4. The van der Waals surface area contributed by atoms with Gasteiger partial charge in [-0.1, -0.05) is 6.92 Å². The van der Waals surface area contributed by atoms with E-state index in [9.17, 15) is 0 Å². The summed E-state index contributed by atoms with van der Waals surface area (Å²) in [5, 5.41) is 14.9. The number of nitrogens with one attached hydrogen (secondary N) is 2. The van der Waals surface area contributed by atoms with Crippen molar-refractivity contribution < 1.29 is 0 Å². The second kappa shape index (κ2) is 4.89. The Bertz CT molecular complexity index is 501. The van der Waals surface area contributed by atoms with E-state index in [-0.39, 0.29) is 0 Å². The van der Waals surface area contributed by atoms with Crippen LogP contribution in [0, 0.1) is 0 Å². The van der Waals surface area contributed by atoms with Crippen molar-refractivity contribution in [2.24, 2.45) is 0 Å². The van der Waals surface area contributed by atoms with E-state index in [0.29, 0.717) is 6.04 Å². The van der Waals surface area contributed by atoms with E-state index in [2.05, 4.69) is 32.5 Å². The summed E-state index contributed by atoms with van der Waals surface area (Å²) >= 11 is 0. The van der Waals surface area contributed by atoms with Crippen molar-refractivity contribution in [3.8, 4) is 0 Å². The van der Waals surface area contributed by atoms with E-state index in [1.165, 1.54) is 0 Å². The van der Waals surface area contributed by atoms with Gasteiger partial charge in [0.25, 0.3) is 0 Å². The van der Waals surface area contributed by atoms with Gasteiger partial charge in [-0.15, -0.1) is 0 Å². The number of aromatic amines is 1. The first-order chi connectivity index (χ1) is 8.85. The Labute approximate surface area is 106 Å². The Hall–Kier alpha value is -1.69. The quantitative estimate of drug-likeness (QED) is 0.831. The summed E-state index contributed by atoms with van der Waals surface area (Å²) in [6, 6.07) is 2.46. The van der Waals surface area contributed by atoms with Gasteiger partial charge in [-0.3, -0.25) is 5.10 Å². The van der Waals surface area contributed by atoms with Crippen LogP contribution in [0.5, 0.6) is 0 Å². The van der Waals surface area contributed by atoms with Crippen molar-refractivity contribution in [3.05, 3.63) is 29.6 Å². The number of nitrogens with zero attached hydrogens (tertiary/aromatic N) is 4. The van der Waals surface area contributed by atoms with Gasteiger partial charge in [0.05, 0.1) is 6.54 Å². The minimum Gasteiger partial charge on any atom is -0.307 e. The normalized spacial score (nSPS) is 18.8. The molecule has 0 aliphatic carbocycles. The van der Waals surface area contributed by atoms with E-state index in [0.717, 1.165) is 49.7 Å². The van der Waals surface area contributed by atoms with Gasteiger partial charge in [0.1, 0.15) is 5.82 Å². The highest BCUT2D eigenvalue weighted by Gasteiger charge is 2.20. The molecule has 2 aromatic heterocycles. The smallest absolute Gasteiger partial charge is 0.150 e. The highest BCUT2D eigenvalue weighted by molar-refractivity contribution is 5.00. The van der Waals surface area contributed by atoms with Crippen LogP contribution in [0.4, 0.5) is 0 Å². The van der Waals surface area contributed by atoms with Crippen LogP contribution < -0.4 is 5.32 Å². The molecule has 0 fully saturated rings. The number of fused-ring (bicyclic) bond motifs is 1. The summed E-state index contributed by atoms with van der Waals surface area (Å²) in [5.74, 6) is 2.09. The molecule has 18 heavy (non-hydrogen) atoms. The third kappa shape index (κ3) is 2.28. The number of aryl methyl sites for hydroxylation is 2. The molecule has 0 aromatic carbocycles. The SMILES string of the molecule is CCc1nc2n(n1)C[C@H](NCc1ccn[nH]1)CC2. The van der Waals surface area contributed by atoms with E-state index >= 15 is 0 Å². The molecule has 0 spiro atoms. The molecule has 0 unspecified atom stereocenters. The number of aromatic nitrogens is 5. The predicted octanol–water partition coefficient (Wildman–Crippen LogP) is 0.668. The average Bonchev–Trinajstić information content (AvgIpc) is 3.04. The summed E-state index contributed by atoms with van der Waals surface area (Å²) < 4.78 is 2.05. The number of H-pyrrole nitrogens is 1. The van der Waals surface area contributed by atoms with E-state index in [1.54, 1.807) is 6.20 Å². The summed E-state index contributed by atoms with van der Waals surface area (Å²) in [6.07, 6.45) is 4.82. The fourth-order valence-electron chi connectivity index (χ4n) is 2.31. The Balaban J connectivity index is 1.60. The molecule has 6 nitrogen and oxygen atoms in total. The van der Waals surface area contributed by atoms with Crippen molar-refractivity contribution >= 4 is 0 Å². The topological polar surface area (TPSA) is 71.4 Å². The average molecular weight is 246 g/mol. The second-order valence-corrected chi connectivity index (χ2v) is 4.68. The molecule has 96 valence electrons. The maximum absolute atomic E-state index is 4.52. The third-order valence-electron chi connectivity index (χ3n) is 3.36. The summed E-state index contributed by atoms with van der Waals surface area (Å²) in [6.45, 7) is 3.83. The van der Waals surface area contributed by atoms with Gasteiger partial charge in [-0.2, -0.15) is 10.2 Å². The van der Waals surface area contributed by atoms with E-state index in [1.807, 2.05) is 10.7 Å². The van der Waals surface area contributed by atoms with Crippen LogP contribution in [-0.4, -0.2) is 31.0 Å².